The van der Waals surface area contributed by atoms with E-state index in [0.717, 1.165) is 36.5 Å². The second-order valence-corrected chi connectivity index (χ2v) is 5.77. The number of urea groups is 1. The molecular weight excluding hydrogens is 318 g/mol. The molecule has 3 rings (SSSR count). The highest BCUT2D eigenvalue weighted by Gasteiger charge is 2.14. The number of nitrogens with zero attached hydrogens (tertiary/aromatic N) is 3. The Balaban J connectivity index is 1.57. The quantitative estimate of drug-likeness (QED) is 0.871. The smallest absolute Gasteiger partial charge is 0.319 e. The number of anilines is 2. The van der Waals surface area contributed by atoms with Crippen LogP contribution in [0.2, 0.25) is 0 Å². The first-order valence-corrected chi connectivity index (χ1v) is 8.53. The summed E-state index contributed by atoms with van der Waals surface area (Å²) in [5.41, 5.74) is 2.71. The van der Waals surface area contributed by atoms with Crippen molar-refractivity contribution in [2.75, 3.05) is 36.5 Å². The van der Waals surface area contributed by atoms with Gasteiger partial charge in [0.25, 0.3) is 0 Å². The lowest BCUT2D eigenvalue weighted by molar-refractivity contribution is 0.122. The molecule has 0 aliphatic carbocycles. The molecule has 1 saturated heterocycles. The fourth-order valence-electron chi connectivity index (χ4n) is 2.69. The first-order valence-electron chi connectivity index (χ1n) is 8.53. The van der Waals surface area contributed by atoms with Crippen LogP contribution in [-0.2, 0) is 17.7 Å². The SMILES string of the molecule is CCc1ccccc1NC(=O)NCc1ccnc(N2CCOCC2)n1. The first-order chi connectivity index (χ1) is 12.3. The lowest BCUT2D eigenvalue weighted by atomic mass is 10.1. The molecule has 1 aliphatic rings. The van der Waals surface area contributed by atoms with Crippen LogP contribution >= 0.6 is 0 Å². The zero-order valence-electron chi connectivity index (χ0n) is 14.4. The van der Waals surface area contributed by atoms with Crippen LogP contribution in [0.25, 0.3) is 0 Å². The van der Waals surface area contributed by atoms with Gasteiger partial charge in [-0.25, -0.2) is 14.8 Å². The number of morpholine rings is 1. The van der Waals surface area contributed by atoms with Gasteiger partial charge in [-0.1, -0.05) is 25.1 Å². The minimum atomic E-state index is -0.243. The van der Waals surface area contributed by atoms with Crippen LogP contribution in [0.15, 0.2) is 36.5 Å². The second kappa shape index (κ2) is 8.43. The van der Waals surface area contributed by atoms with Gasteiger partial charge in [0.05, 0.1) is 25.5 Å². The summed E-state index contributed by atoms with van der Waals surface area (Å²) in [5.74, 6) is 0.680. The molecule has 7 nitrogen and oxygen atoms in total. The van der Waals surface area contributed by atoms with Gasteiger partial charge in [-0.3, -0.25) is 0 Å². The minimum Gasteiger partial charge on any atom is -0.378 e. The third-order valence-electron chi connectivity index (χ3n) is 4.07. The molecule has 0 unspecified atom stereocenters. The summed E-state index contributed by atoms with van der Waals surface area (Å²) in [4.78, 5) is 23.1. The molecule has 1 aliphatic heterocycles. The van der Waals surface area contributed by atoms with Crippen molar-refractivity contribution in [2.45, 2.75) is 19.9 Å². The van der Waals surface area contributed by atoms with Gasteiger partial charge < -0.3 is 20.3 Å². The molecule has 0 radical (unpaired) electrons. The Morgan fingerprint density at radius 3 is 2.84 bits per heavy atom. The molecule has 0 bridgehead atoms. The maximum Gasteiger partial charge on any atom is 0.319 e. The molecular formula is C18H23N5O2. The Hall–Kier alpha value is -2.67. The van der Waals surface area contributed by atoms with Gasteiger partial charge in [0, 0.05) is 25.0 Å². The molecule has 7 heteroatoms. The number of hydrogen-bond donors (Lipinski definition) is 2. The number of hydrogen-bond acceptors (Lipinski definition) is 5. The molecule has 2 heterocycles. The Kier molecular flexibility index (Phi) is 5.79. The Bertz CT molecular complexity index is 716. The molecule has 0 atom stereocenters. The van der Waals surface area contributed by atoms with E-state index in [-0.39, 0.29) is 6.03 Å². The van der Waals surface area contributed by atoms with Crippen LogP contribution < -0.4 is 15.5 Å². The van der Waals surface area contributed by atoms with E-state index >= 15 is 0 Å². The fraction of sp³-hybridized carbons (Fsp3) is 0.389. The summed E-state index contributed by atoms with van der Waals surface area (Å²) in [5, 5.41) is 5.73. The Morgan fingerprint density at radius 1 is 1.24 bits per heavy atom. The third kappa shape index (κ3) is 4.67. The molecule has 2 N–H and O–H groups in total. The molecule has 25 heavy (non-hydrogen) atoms. The van der Waals surface area contributed by atoms with Crippen molar-refractivity contribution >= 4 is 17.7 Å². The van der Waals surface area contributed by atoms with Crippen LogP contribution in [0.4, 0.5) is 16.4 Å². The fourth-order valence-corrected chi connectivity index (χ4v) is 2.69. The number of carbonyl (C=O) groups is 1. The van der Waals surface area contributed by atoms with E-state index in [1.165, 1.54) is 0 Å². The summed E-state index contributed by atoms with van der Waals surface area (Å²) >= 11 is 0. The normalized spacial score (nSPS) is 14.2. The average Bonchev–Trinajstić information content (AvgIpc) is 2.68. The largest absolute Gasteiger partial charge is 0.378 e. The van der Waals surface area contributed by atoms with Gasteiger partial charge in [0.15, 0.2) is 0 Å². The molecule has 1 aromatic heterocycles. The van der Waals surface area contributed by atoms with E-state index in [2.05, 4.69) is 32.4 Å². The van der Waals surface area contributed by atoms with Crippen molar-refractivity contribution in [1.29, 1.82) is 0 Å². The van der Waals surface area contributed by atoms with Crippen molar-refractivity contribution in [3.8, 4) is 0 Å². The first kappa shape index (κ1) is 17.2. The number of aryl methyl sites for hydroxylation is 1. The average molecular weight is 341 g/mol. The highest BCUT2D eigenvalue weighted by Crippen LogP contribution is 2.15. The maximum atomic E-state index is 12.1. The van der Waals surface area contributed by atoms with Crippen LogP contribution in [0.3, 0.4) is 0 Å². The molecule has 132 valence electrons. The predicted molar refractivity (Wildman–Crippen MR) is 96.7 cm³/mol. The molecule has 0 spiro atoms. The number of carbonyl (C=O) groups excluding carboxylic acids is 1. The summed E-state index contributed by atoms with van der Waals surface area (Å²) in [7, 11) is 0. The summed E-state index contributed by atoms with van der Waals surface area (Å²) in [6.45, 7) is 5.35. The van der Waals surface area contributed by atoms with E-state index in [4.69, 9.17) is 4.74 Å². The maximum absolute atomic E-state index is 12.1. The number of amides is 2. The van der Waals surface area contributed by atoms with Gasteiger partial charge in [-0.15, -0.1) is 0 Å². The summed E-state index contributed by atoms with van der Waals surface area (Å²) in [6.07, 6.45) is 2.59. The van der Waals surface area contributed by atoms with Crippen molar-refractivity contribution in [3.63, 3.8) is 0 Å². The van der Waals surface area contributed by atoms with Crippen LogP contribution in [0.5, 0.6) is 0 Å². The van der Waals surface area contributed by atoms with Crippen LogP contribution in [-0.4, -0.2) is 42.3 Å². The van der Waals surface area contributed by atoms with E-state index in [1.807, 2.05) is 30.3 Å². The van der Waals surface area contributed by atoms with E-state index < -0.39 is 0 Å². The standard InChI is InChI=1S/C18H23N5O2/c1-2-14-5-3-4-6-16(14)22-18(24)20-13-15-7-8-19-17(21-15)23-9-11-25-12-10-23/h3-8H,2,9-13H2,1H3,(H2,20,22,24). The van der Waals surface area contributed by atoms with Crippen molar-refractivity contribution < 1.29 is 9.53 Å². The highest BCUT2D eigenvalue weighted by atomic mass is 16.5. The summed E-state index contributed by atoms with van der Waals surface area (Å²) < 4.78 is 5.34. The zero-order valence-corrected chi connectivity index (χ0v) is 14.4. The van der Waals surface area contributed by atoms with Crippen molar-refractivity contribution in [3.05, 3.63) is 47.8 Å². The zero-order chi connectivity index (χ0) is 17.5. The van der Waals surface area contributed by atoms with Crippen molar-refractivity contribution in [1.82, 2.24) is 15.3 Å². The Labute approximate surface area is 147 Å². The van der Waals surface area contributed by atoms with E-state index in [0.29, 0.717) is 25.7 Å². The number of benzene rings is 1. The van der Waals surface area contributed by atoms with Gasteiger partial charge >= 0.3 is 6.03 Å². The molecule has 0 saturated carbocycles. The third-order valence-corrected chi connectivity index (χ3v) is 4.07. The number of rotatable bonds is 5. The lowest BCUT2D eigenvalue weighted by Gasteiger charge is -2.26. The van der Waals surface area contributed by atoms with Gasteiger partial charge in [-0.05, 0) is 24.1 Å². The minimum absolute atomic E-state index is 0.243. The molecule has 1 fully saturated rings. The molecule has 1 aromatic carbocycles. The second-order valence-electron chi connectivity index (χ2n) is 5.77. The summed E-state index contributed by atoms with van der Waals surface area (Å²) in [6, 6.07) is 9.36. The van der Waals surface area contributed by atoms with E-state index in [1.54, 1.807) is 6.20 Å². The monoisotopic (exact) mass is 341 g/mol. The van der Waals surface area contributed by atoms with Gasteiger partial charge in [0.1, 0.15) is 0 Å². The van der Waals surface area contributed by atoms with Crippen LogP contribution in [0.1, 0.15) is 18.2 Å². The molecule has 2 amide bonds. The topological polar surface area (TPSA) is 79.4 Å². The molecule has 2 aromatic rings. The van der Waals surface area contributed by atoms with Crippen LogP contribution in [0, 0.1) is 0 Å². The van der Waals surface area contributed by atoms with E-state index in [9.17, 15) is 4.79 Å². The van der Waals surface area contributed by atoms with Gasteiger partial charge in [-0.2, -0.15) is 0 Å². The number of ether oxygens (including phenoxy) is 1. The van der Waals surface area contributed by atoms with Crippen molar-refractivity contribution in [2.24, 2.45) is 0 Å². The number of para-hydroxylation sites is 1. The number of aromatic nitrogens is 2. The Morgan fingerprint density at radius 2 is 2.04 bits per heavy atom. The highest BCUT2D eigenvalue weighted by molar-refractivity contribution is 5.90. The number of nitrogens with one attached hydrogen (secondary N) is 2. The van der Waals surface area contributed by atoms with Gasteiger partial charge in [0.2, 0.25) is 5.95 Å². The predicted octanol–water partition coefficient (Wildman–Crippen LogP) is 2.20. The lowest BCUT2D eigenvalue weighted by Crippen LogP contribution is -2.37.